The van der Waals surface area contributed by atoms with Gasteiger partial charge in [-0.15, -0.1) is 0 Å². The Morgan fingerprint density at radius 1 is 1.27 bits per heavy atom. The fourth-order valence-corrected chi connectivity index (χ4v) is 1.89. The summed E-state index contributed by atoms with van der Waals surface area (Å²) in [6, 6.07) is 1.53. The molecular weight excluding hydrogens is 138 g/mol. The standard InChI is InChI=1S/C9H19NO/c1-8-4-5-9(2)10(8)6-7-11-3/h8-9H,4-7H2,1-3H3. The minimum absolute atomic E-state index is 0.764. The molecule has 0 amide bonds. The smallest absolute Gasteiger partial charge is 0.0589 e. The number of ether oxygens (including phenoxy) is 1. The molecular formula is C9H19NO. The Bertz CT molecular complexity index is 106. The van der Waals surface area contributed by atoms with Gasteiger partial charge < -0.3 is 4.74 Å². The van der Waals surface area contributed by atoms with E-state index in [0.717, 1.165) is 25.2 Å². The maximum atomic E-state index is 5.06. The van der Waals surface area contributed by atoms with Crippen LogP contribution in [0.1, 0.15) is 26.7 Å². The van der Waals surface area contributed by atoms with Crippen molar-refractivity contribution in [2.24, 2.45) is 0 Å². The van der Waals surface area contributed by atoms with E-state index in [0.29, 0.717) is 0 Å². The van der Waals surface area contributed by atoms with Gasteiger partial charge in [0.05, 0.1) is 6.61 Å². The highest BCUT2D eigenvalue weighted by atomic mass is 16.5. The predicted octanol–water partition coefficient (Wildman–Crippen LogP) is 1.51. The normalized spacial score (nSPS) is 33.0. The van der Waals surface area contributed by atoms with E-state index in [1.165, 1.54) is 12.8 Å². The summed E-state index contributed by atoms with van der Waals surface area (Å²) >= 11 is 0. The summed E-state index contributed by atoms with van der Waals surface area (Å²) in [6.07, 6.45) is 2.70. The van der Waals surface area contributed by atoms with Gasteiger partial charge in [0.25, 0.3) is 0 Å². The second-order valence-electron chi connectivity index (χ2n) is 3.51. The second kappa shape index (κ2) is 4.07. The van der Waals surface area contributed by atoms with Gasteiger partial charge in [0.15, 0.2) is 0 Å². The van der Waals surface area contributed by atoms with Crippen molar-refractivity contribution in [1.29, 1.82) is 0 Å². The number of hydrogen-bond acceptors (Lipinski definition) is 2. The number of hydrogen-bond donors (Lipinski definition) is 0. The molecule has 1 fully saturated rings. The van der Waals surface area contributed by atoms with Crippen LogP contribution in [0.3, 0.4) is 0 Å². The topological polar surface area (TPSA) is 12.5 Å². The summed E-state index contributed by atoms with van der Waals surface area (Å²) in [5.41, 5.74) is 0. The molecule has 11 heavy (non-hydrogen) atoms. The lowest BCUT2D eigenvalue weighted by atomic mass is 10.2. The number of likely N-dealkylation sites (tertiary alicyclic amines) is 1. The first-order chi connectivity index (χ1) is 5.25. The maximum Gasteiger partial charge on any atom is 0.0589 e. The Kier molecular flexibility index (Phi) is 3.34. The lowest BCUT2D eigenvalue weighted by molar-refractivity contribution is 0.125. The molecule has 2 unspecified atom stereocenters. The summed E-state index contributed by atoms with van der Waals surface area (Å²) in [4.78, 5) is 2.53. The molecule has 1 aliphatic rings. The van der Waals surface area contributed by atoms with Gasteiger partial charge in [-0.1, -0.05) is 0 Å². The monoisotopic (exact) mass is 157 g/mol. The molecule has 1 rings (SSSR count). The van der Waals surface area contributed by atoms with E-state index in [1.54, 1.807) is 7.11 Å². The van der Waals surface area contributed by atoms with Crippen LogP contribution in [0.5, 0.6) is 0 Å². The molecule has 1 saturated heterocycles. The van der Waals surface area contributed by atoms with Crippen LogP contribution < -0.4 is 0 Å². The third-order valence-corrected chi connectivity index (χ3v) is 2.69. The zero-order valence-corrected chi connectivity index (χ0v) is 7.84. The van der Waals surface area contributed by atoms with Crippen molar-refractivity contribution in [2.45, 2.75) is 38.8 Å². The Morgan fingerprint density at radius 3 is 2.27 bits per heavy atom. The molecule has 0 aromatic carbocycles. The fourth-order valence-electron chi connectivity index (χ4n) is 1.89. The van der Waals surface area contributed by atoms with Gasteiger partial charge in [-0.05, 0) is 26.7 Å². The number of rotatable bonds is 3. The van der Waals surface area contributed by atoms with Crippen LogP contribution in [0.2, 0.25) is 0 Å². The van der Waals surface area contributed by atoms with E-state index < -0.39 is 0 Å². The second-order valence-corrected chi connectivity index (χ2v) is 3.51. The Labute approximate surface area is 69.5 Å². The first kappa shape index (κ1) is 9.01. The van der Waals surface area contributed by atoms with Gasteiger partial charge in [-0.2, -0.15) is 0 Å². The molecule has 0 aliphatic carbocycles. The van der Waals surface area contributed by atoms with Crippen LogP contribution in [0.25, 0.3) is 0 Å². The highest BCUT2D eigenvalue weighted by Crippen LogP contribution is 2.22. The van der Waals surface area contributed by atoms with Crippen LogP contribution in [-0.2, 0) is 4.74 Å². The predicted molar refractivity (Wildman–Crippen MR) is 46.7 cm³/mol. The zero-order valence-electron chi connectivity index (χ0n) is 7.84. The van der Waals surface area contributed by atoms with Crippen LogP contribution >= 0.6 is 0 Å². The van der Waals surface area contributed by atoms with Crippen LogP contribution in [0, 0.1) is 0 Å². The summed E-state index contributed by atoms with van der Waals surface area (Å²) in [7, 11) is 1.77. The van der Waals surface area contributed by atoms with Crippen molar-refractivity contribution in [1.82, 2.24) is 4.90 Å². The van der Waals surface area contributed by atoms with Crippen LogP contribution in [-0.4, -0.2) is 37.2 Å². The first-order valence-corrected chi connectivity index (χ1v) is 4.50. The van der Waals surface area contributed by atoms with Crippen molar-refractivity contribution in [3.05, 3.63) is 0 Å². The van der Waals surface area contributed by atoms with Gasteiger partial charge in [0, 0.05) is 25.7 Å². The van der Waals surface area contributed by atoms with Crippen LogP contribution in [0.4, 0.5) is 0 Å². The van der Waals surface area contributed by atoms with E-state index in [2.05, 4.69) is 18.7 Å². The van der Waals surface area contributed by atoms with Gasteiger partial charge in [-0.25, -0.2) is 0 Å². The van der Waals surface area contributed by atoms with E-state index in [9.17, 15) is 0 Å². The highest BCUT2D eigenvalue weighted by molar-refractivity contribution is 4.81. The molecule has 2 heteroatoms. The number of nitrogens with zero attached hydrogens (tertiary/aromatic N) is 1. The van der Waals surface area contributed by atoms with Gasteiger partial charge in [-0.3, -0.25) is 4.90 Å². The van der Waals surface area contributed by atoms with E-state index >= 15 is 0 Å². The van der Waals surface area contributed by atoms with Crippen molar-refractivity contribution in [2.75, 3.05) is 20.3 Å². The van der Waals surface area contributed by atoms with Crippen molar-refractivity contribution in [3.8, 4) is 0 Å². The highest BCUT2D eigenvalue weighted by Gasteiger charge is 2.26. The summed E-state index contributed by atoms with van der Waals surface area (Å²) < 4.78 is 5.06. The molecule has 1 heterocycles. The van der Waals surface area contributed by atoms with E-state index in [-0.39, 0.29) is 0 Å². The Hall–Kier alpha value is -0.0800. The average molecular weight is 157 g/mol. The molecule has 0 N–H and O–H groups in total. The molecule has 2 atom stereocenters. The molecule has 0 saturated carbocycles. The first-order valence-electron chi connectivity index (χ1n) is 4.50. The van der Waals surface area contributed by atoms with Gasteiger partial charge in [0.2, 0.25) is 0 Å². The molecule has 2 nitrogen and oxygen atoms in total. The van der Waals surface area contributed by atoms with Crippen molar-refractivity contribution >= 4 is 0 Å². The zero-order chi connectivity index (χ0) is 8.27. The van der Waals surface area contributed by atoms with Gasteiger partial charge in [0.1, 0.15) is 0 Å². The molecule has 1 aliphatic heterocycles. The van der Waals surface area contributed by atoms with Gasteiger partial charge >= 0.3 is 0 Å². The van der Waals surface area contributed by atoms with Crippen LogP contribution in [0.15, 0.2) is 0 Å². The summed E-state index contributed by atoms with van der Waals surface area (Å²) in [6.45, 7) is 6.58. The van der Waals surface area contributed by atoms with E-state index in [4.69, 9.17) is 4.74 Å². The summed E-state index contributed by atoms with van der Waals surface area (Å²) in [5.74, 6) is 0. The minimum Gasteiger partial charge on any atom is -0.383 e. The van der Waals surface area contributed by atoms with Crippen molar-refractivity contribution in [3.63, 3.8) is 0 Å². The lowest BCUT2D eigenvalue weighted by Gasteiger charge is -2.25. The third-order valence-electron chi connectivity index (χ3n) is 2.69. The van der Waals surface area contributed by atoms with E-state index in [1.807, 2.05) is 0 Å². The summed E-state index contributed by atoms with van der Waals surface area (Å²) in [5, 5.41) is 0. The molecule has 0 spiro atoms. The quantitative estimate of drug-likeness (QED) is 0.615. The maximum absolute atomic E-state index is 5.06. The largest absolute Gasteiger partial charge is 0.383 e. The molecule has 0 radical (unpaired) electrons. The lowest BCUT2D eigenvalue weighted by Crippen LogP contribution is -2.35. The number of methoxy groups -OCH3 is 1. The third kappa shape index (κ3) is 2.17. The van der Waals surface area contributed by atoms with Crippen molar-refractivity contribution < 1.29 is 4.74 Å². The SMILES string of the molecule is COCCN1C(C)CCC1C. The Morgan fingerprint density at radius 2 is 1.82 bits per heavy atom. The Balaban J connectivity index is 2.29. The minimum atomic E-state index is 0.764. The molecule has 0 aromatic heterocycles. The molecule has 0 aromatic rings. The average Bonchev–Trinajstić information content (AvgIpc) is 2.29. The molecule has 66 valence electrons. The fraction of sp³-hybridized carbons (Fsp3) is 1.00. The molecule has 0 bridgehead atoms.